The van der Waals surface area contributed by atoms with Gasteiger partial charge < -0.3 is 15.3 Å². The van der Waals surface area contributed by atoms with E-state index in [0.29, 0.717) is 10.7 Å². The van der Waals surface area contributed by atoms with Crippen molar-refractivity contribution in [3.8, 4) is 22.5 Å². The van der Waals surface area contributed by atoms with Crippen molar-refractivity contribution in [1.82, 2.24) is 20.2 Å². The first kappa shape index (κ1) is 32.0. The molecule has 8 nitrogen and oxygen atoms in total. The number of likely N-dealkylation sites (tertiary alicyclic amines) is 1. The van der Waals surface area contributed by atoms with Crippen LogP contribution in [0, 0.1) is 5.92 Å². The molecule has 1 atom stereocenters. The third-order valence-electron chi connectivity index (χ3n) is 8.10. The summed E-state index contributed by atoms with van der Waals surface area (Å²) in [5, 5.41) is 12.2. The number of nitrogens with one attached hydrogen (secondary N) is 1. The van der Waals surface area contributed by atoms with Gasteiger partial charge in [-0.05, 0) is 39.7 Å². The van der Waals surface area contributed by atoms with Crippen molar-refractivity contribution in [2.45, 2.75) is 64.8 Å². The Kier molecular flexibility index (Phi) is 8.94. The summed E-state index contributed by atoms with van der Waals surface area (Å²) in [5.41, 5.74) is 4.93. The lowest BCUT2D eigenvalue weighted by molar-refractivity contribution is -0.153. The van der Waals surface area contributed by atoms with Crippen molar-refractivity contribution in [2.24, 2.45) is 5.92 Å². The molecule has 0 spiro atoms. The van der Waals surface area contributed by atoms with Crippen molar-refractivity contribution >= 4 is 29.1 Å². The second kappa shape index (κ2) is 12.6. The van der Waals surface area contributed by atoms with Crippen LogP contribution in [0.2, 0.25) is 0 Å². The Morgan fingerprint density at radius 3 is 1.98 bits per heavy atom. The number of thiophene rings is 1. The van der Waals surface area contributed by atoms with Crippen LogP contribution >= 0.6 is 11.3 Å². The van der Waals surface area contributed by atoms with E-state index >= 15 is 0 Å². The number of carbonyl (C=O) groups excluding carboxylic acids is 2. The van der Waals surface area contributed by atoms with E-state index < -0.39 is 17.9 Å². The number of carboxylic acids is 1. The van der Waals surface area contributed by atoms with Gasteiger partial charge in [-0.1, -0.05) is 90.1 Å². The highest BCUT2D eigenvalue weighted by Crippen LogP contribution is 2.30. The smallest absolute Gasteiger partial charge is 0.310 e. The van der Waals surface area contributed by atoms with Crippen LogP contribution < -0.4 is 5.32 Å². The molecule has 0 radical (unpaired) electrons. The SMILES string of the molecule is CC(C)(C)c1ccc(-c2cnc(-c3ccc(CC(NC(=O)c4ccc(C(C)(C)C)s4)C(=O)N4CC(C(=O)O)C4)cc3)nc2)cc1. The topological polar surface area (TPSA) is 112 Å². The predicted molar refractivity (Wildman–Crippen MR) is 177 cm³/mol. The van der Waals surface area contributed by atoms with E-state index in [-0.39, 0.29) is 42.2 Å². The third-order valence-corrected chi connectivity index (χ3v) is 9.61. The molecule has 0 saturated carbocycles. The van der Waals surface area contributed by atoms with Gasteiger partial charge in [0.25, 0.3) is 5.91 Å². The number of carboxylic acid groups (broad SMARTS) is 1. The van der Waals surface area contributed by atoms with E-state index in [9.17, 15) is 19.5 Å². The molecule has 0 bridgehead atoms. The number of carbonyl (C=O) groups is 3. The second-order valence-electron chi connectivity index (χ2n) is 13.7. The predicted octanol–water partition coefficient (Wildman–Crippen LogP) is 6.35. The van der Waals surface area contributed by atoms with Crippen molar-refractivity contribution in [3.05, 3.63) is 93.9 Å². The quantitative estimate of drug-likeness (QED) is 0.236. The molecule has 1 saturated heterocycles. The van der Waals surface area contributed by atoms with Crippen molar-refractivity contribution < 1.29 is 19.5 Å². The summed E-state index contributed by atoms with van der Waals surface area (Å²) >= 11 is 1.41. The Labute approximate surface area is 268 Å². The van der Waals surface area contributed by atoms with E-state index in [1.807, 2.05) is 42.7 Å². The molecule has 2 aromatic heterocycles. The lowest BCUT2D eigenvalue weighted by Crippen LogP contribution is -2.59. The molecule has 45 heavy (non-hydrogen) atoms. The Balaban J connectivity index is 1.29. The summed E-state index contributed by atoms with van der Waals surface area (Å²) in [4.78, 5) is 50.3. The van der Waals surface area contributed by atoms with Gasteiger partial charge in [0.15, 0.2) is 5.82 Å². The summed E-state index contributed by atoms with van der Waals surface area (Å²) in [5.74, 6) is -1.51. The minimum Gasteiger partial charge on any atom is -0.481 e. The van der Waals surface area contributed by atoms with Crippen LogP contribution in [-0.2, 0) is 26.8 Å². The first-order valence-electron chi connectivity index (χ1n) is 15.1. The Bertz CT molecular complexity index is 1680. The summed E-state index contributed by atoms with van der Waals surface area (Å²) in [6, 6.07) is 19.0. The fraction of sp³-hybridized carbons (Fsp3) is 0.361. The highest BCUT2D eigenvalue weighted by molar-refractivity contribution is 7.14. The average Bonchev–Trinajstić information content (AvgIpc) is 3.48. The van der Waals surface area contributed by atoms with E-state index in [2.05, 4.69) is 81.1 Å². The van der Waals surface area contributed by atoms with E-state index in [1.165, 1.54) is 21.8 Å². The van der Waals surface area contributed by atoms with Crippen LogP contribution in [0.5, 0.6) is 0 Å². The van der Waals surface area contributed by atoms with Crippen LogP contribution in [-0.4, -0.2) is 56.9 Å². The molecule has 9 heteroatoms. The van der Waals surface area contributed by atoms with Crippen LogP contribution in [0.25, 0.3) is 22.5 Å². The molecule has 5 rings (SSSR count). The first-order chi connectivity index (χ1) is 21.2. The first-order valence-corrected chi connectivity index (χ1v) is 16.0. The number of hydrogen-bond donors (Lipinski definition) is 2. The molecule has 4 aromatic rings. The maximum atomic E-state index is 13.4. The van der Waals surface area contributed by atoms with Crippen LogP contribution in [0.4, 0.5) is 0 Å². The minimum absolute atomic E-state index is 0.0858. The van der Waals surface area contributed by atoms with Gasteiger partial charge in [0, 0.05) is 47.9 Å². The molecule has 234 valence electrons. The van der Waals surface area contributed by atoms with Gasteiger partial charge in [0.05, 0.1) is 10.8 Å². The van der Waals surface area contributed by atoms with E-state index in [1.54, 1.807) is 6.07 Å². The molecule has 2 amide bonds. The summed E-state index contributed by atoms with van der Waals surface area (Å²) in [7, 11) is 0. The molecule has 2 aromatic carbocycles. The Hall–Kier alpha value is -4.37. The van der Waals surface area contributed by atoms with Crippen LogP contribution in [0.1, 0.15) is 67.2 Å². The molecule has 1 aliphatic rings. The van der Waals surface area contributed by atoms with Gasteiger partial charge in [0.2, 0.25) is 5.91 Å². The fourth-order valence-electron chi connectivity index (χ4n) is 5.14. The molecule has 1 unspecified atom stereocenters. The number of nitrogens with zero attached hydrogens (tertiary/aromatic N) is 3. The van der Waals surface area contributed by atoms with Gasteiger partial charge in [-0.3, -0.25) is 14.4 Å². The fourth-order valence-corrected chi connectivity index (χ4v) is 6.11. The van der Waals surface area contributed by atoms with Crippen molar-refractivity contribution in [3.63, 3.8) is 0 Å². The lowest BCUT2D eigenvalue weighted by Gasteiger charge is -2.38. The second-order valence-corrected chi connectivity index (χ2v) is 14.8. The maximum Gasteiger partial charge on any atom is 0.310 e. The van der Waals surface area contributed by atoms with Crippen molar-refractivity contribution in [2.75, 3.05) is 13.1 Å². The number of hydrogen-bond acceptors (Lipinski definition) is 6. The van der Waals surface area contributed by atoms with Crippen LogP contribution in [0.3, 0.4) is 0 Å². The zero-order valence-corrected chi connectivity index (χ0v) is 27.4. The lowest BCUT2D eigenvalue weighted by atomic mass is 9.86. The number of rotatable bonds is 8. The van der Waals surface area contributed by atoms with Gasteiger partial charge in [-0.25, -0.2) is 9.97 Å². The highest BCUT2D eigenvalue weighted by atomic mass is 32.1. The Morgan fingerprint density at radius 1 is 0.844 bits per heavy atom. The number of benzene rings is 2. The van der Waals surface area contributed by atoms with Gasteiger partial charge in [-0.2, -0.15) is 0 Å². The number of aliphatic carboxylic acids is 1. The number of aromatic nitrogens is 2. The molecule has 0 aliphatic carbocycles. The number of amides is 2. The zero-order valence-electron chi connectivity index (χ0n) is 26.6. The molecule has 1 fully saturated rings. The maximum absolute atomic E-state index is 13.4. The molecular weight excluding hydrogens is 584 g/mol. The summed E-state index contributed by atoms with van der Waals surface area (Å²) < 4.78 is 0. The third kappa shape index (κ3) is 7.48. The Morgan fingerprint density at radius 2 is 1.44 bits per heavy atom. The highest BCUT2D eigenvalue weighted by Gasteiger charge is 2.39. The normalized spacial score (nSPS) is 14.5. The molecule has 3 heterocycles. The largest absolute Gasteiger partial charge is 0.481 e. The van der Waals surface area contributed by atoms with Gasteiger partial charge in [-0.15, -0.1) is 11.3 Å². The van der Waals surface area contributed by atoms with Crippen molar-refractivity contribution in [1.29, 1.82) is 0 Å². The van der Waals surface area contributed by atoms with E-state index in [0.717, 1.165) is 27.1 Å². The monoisotopic (exact) mass is 624 g/mol. The molecule has 2 N–H and O–H groups in total. The standard InChI is InChI=1S/C36H40N4O4S/c1-35(2,3)27-13-11-23(12-14-27)25-18-37-31(38-19-25)24-9-7-22(8-10-24)17-28(33(42)40-20-26(21-40)34(43)44)39-32(41)29-15-16-30(45-29)36(4,5)6/h7-16,18-19,26,28H,17,20-21H2,1-6H3,(H,39,41)(H,43,44). The minimum atomic E-state index is -0.919. The van der Waals surface area contributed by atoms with Gasteiger partial charge in [0.1, 0.15) is 6.04 Å². The average molecular weight is 625 g/mol. The van der Waals surface area contributed by atoms with Gasteiger partial charge >= 0.3 is 5.97 Å². The van der Waals surface area contributed by atoms with Crippen LogP contribution in [0.15, 0.2) is 73.1 Å². The molecule has 1 aliphatic heterocycles. The van der Waals surface area contributed by atoms with E-state index in [4.69, 9.17) is 0 Å². The summed E-state index contributed by atoms with van der Waals surface area (Å²) in [6.07, 6.45) is 3.90. The zero-order chi connectivity index (χ0) is 32.5. The summed E-state index contributed by atoms with van der Waals surface area (Å²) in [6.45, 7) is 13.1. The molecular formula is C36H40N4O4S.